The lowest BCUT2D eigenvalue weighted by molar-refractivity contribution is 0.0896. The smallest absolute Gasteiger partial charge is 0.0964 e. The van der Waals surface area contributed by atoms with Crippen LogP contribution in [0.3, 0.4) is 0 Å². The molecule has 0 aromatic rings. The van der Waals surface area contributed by atoms with Crippen molar-refractivity contribution in [3.63, 3.8) is 0 Å². The van der Waals surface area contributed by atoms with Crippen molar-refractivity contribution in [3.05, 3.63) is 23.3 Å². The third kappa shape index (κ3) is 0.704. The molecule has 68 valence electrons. The van der Waals surface area contributed by atoms with Gasteiger partial charge in [-0.1, -0.05) is 12.2 Å². The highest BCUT2D eigenvalue weighted by Crippen LogP contribution is 2.56. The van der Waals surface area contributed by atoms with Gasteiger partial charge in [0.25, 0.3) is 0 Å². The molecule has 0 heterocycles. The largest absolute Gasteiger partial charge is 0.193 e. The zero-order valence-corrected chi connectivity index (χ0v) is 7.77. The SMILES string of the molecule is N#CC1=C(C#N)C2C=CC1C1CCC21. The van der Waals surface area contributed by atoms with Gasteiger partial charge in [0.05, 0.1) is 23.3 Å². The van der Waals surface area contributed by atoms with E-state index < -0.39 is 0 Å². The van der Waals surface area contributed by atoms with Crippen LogP contribution in [0, 0.1) is 46.3 Å². The predicted octanol–water partition coefficient (Wildman–Crippen LogP) is 2.17. The molecule has 4 atom stereocenters. The van der Waals surface area contributed by atoms with Crippen molar-refractivity contribution in [1.29, 1.82) is 10.5 Å². The Balaban J connectivity index is 2.16. The quantitative estimate of drug-likeness (QED) is 0.539. The summed E-state index contributed by atoms with van der Waals surface area (Å²) in [6.45, 7) is 0. The normalized spacial score (nSPS) is 42.4. The van der Waals surface area contributed by atoms with Crippen LogP contribution in [0.4, 0.5) is 0 Å². The topological polar surface area (TPSA) is 47.6 Å². The summed E-state index contributed by atoms with van der Waals surface area (Å²) < 4.78 is 0. The maximum atomic E-state index is 9.05. The van der Waals surface area contributed by atoms with Crippen molar-refractivity contribution >= 4 is 0 Å². The Morgan fingerprint density at radius 3 is 1.64 bits per heavy atom. The van der Waals surface area contributed by atoms with Gasteiger partial charge in [-0.25, -0.2) is 0 Å². The third-order valence-corrected chi connectivity index (χ3v) is 4.03. The molecule has 0 radical (unpaired) electrons. The van der Waals surface area contributed by atoms with Crippen molar-refractivity contribution in [2.45, 2.75) is 12.8 Å². The van der Waals surface area contributed by atoms with Gasteiger partial charge in [0.1, 0.15) is 0 Å². The summed E-state index contributed by atoms with van der Waals surface area (Å²) in [5.41, 5.74) is 1.50. The zero-order valence-electron chi connectivity index (χ0n) is 7.77. The van der Waals surface area contributed by atoms with E-state index >= 15 is 0 Å². The number of hydrogen-bond acceptors (Lipinski definition) is 2. The van der Waals surface area contributed by atoms with Crippen LogP contribution in [0.1, 0.15) is 12.8 Å². The molecule has 4 aliphatic carbocycles. The van der Waals surface area contributed by atoms with Gasteiger partial charge in [-0.2, -0.15) is 10.5 Å². The summed E-state index contributed by atoms with van der Waals surface area (Å²) in [5.74, 6) is 1.85. The molecule has 0 aliphatic heterocycles. The van der Waals surface area contributed by atoms with Gasteiger partial charge in [-0.05, 0) is 24.7 Å². The number of nitrogens with zero attached hydrogens (tertiary/aromatic N) is 2. The molecule has 2 heteroatoms. The fraction of sp³-hybridized carbons (Fsp3) is 0.500. The molecule has 0 N–H and O–H groups in total. The van der Waals surface area contributed by atoms with E-state index in [0.29, 0.717) is 11.8 Å². The van der Waals surface area contributed by atoms with Crippen LogP contribution in [0.5, 0.6) is 0 Å². The van der Waals surface area contributed by atoms with Crippen LogP contribution < -0.4 is 0 Å². The second-order valence-corrected chi connectivity index (χ2v) is 4.39. The molecule has 0 aromatic heterocycles. The number of hydrogen-bond donors (Lipinski definition) is 0. The molecular formula is C12H10N2. The molecule has 4 unspecified atom stereocenters. The summed E-state index contributed by atoms with van der Waals surface area (Å²) in [7, 11) is 0. The molecule has 4 aliphatic rings. The molecule has 2 bridgehead atoms. The van der Waals surface area contributed by atoms with Crippen molar-refractivity contribution < 1.29 is 0 Å². The fourth-order valence-electron chi connectivity index (χ4n) is 3.22. The highest BCUT2D eigenvalue weighted by molar-refractivity contribution is 5.50. The fourth-order valence-corrected chi connectivity index (χ4v) is 3.22. The van der Waals surface area contributed by atoms with Gasteiger partial charge in [-0.3, -0.25) is 0 Å². The van der Waals surface area contributed by atoms with Gasteiger partial charge in [-0.15, -0.1) is 0 Å². The molecule has 14 heavy (non-hydrogen) atoms. The van der Waals surface area contributed by atoms with Crippen LogP contribution in [0.15, 0.2) is 23.3 Å². The minimum atomic E-state index is 0.262. The molecular weight excluding hydrogens is 172 g/mol. The van der Waals surface area contributed by atoms with Crippen LogP contribution >= 0.6 is 0 Å². The van der Waals surface area contributed by atoms with E-state index in [0.717, 1.165) is 11.1 Å². The molecule has 0 spiro atoms. The van der Waals surface area contributed by atoms with Crippen molar-refractivity contribution in [3.8, 4) is 12.1 Å². The summed E-state index contributed by atoms with van der Waals surface area (Å²) >= 11 is 0. The number of nitriles is 2. The van der Waals surface area contributed by atoms with E-state index in [-0.39, 0.29) is 11.8 Å². The van der Waals surface area contributed by atoms with Gasteiger partial charge >= 0.3 is 0 Å². The van der Waals surface area contributed by atoms with Gasteiger partial charge in [0, 0.05) is 11.8 Å². The van der Waals surface area contributed by atoms with Crippen molar-refractivity contribution in [2.75, 3.05) is 0 Å². The summed E-state index contributed by atoms with van der Waals surface area (Å²) in [6, 6.07) is 4.45. The first kappa shape index (κ1) is 7.83. The van der Waals surface area contributed by atoms with Crippen LogP contribution in [-0.4, -0.2) is 0 Å². The Morgan fingerprint density at radius 1 is 0.929 bits per heavy atom. The first-order valence-electron chi connectivity index (χ1n) is 5.09. The van der Waals surface area contributed by atoms with Crippen molar-refractivity contribution in [2.24, 2.45) is 23.7 Å². The molecule has 0 amide bonds. The van der Waals surface area contributed by atoms with Crippen LogP contribution in [-0.2, 0) is 0 Å². The maximum Gasteiger partial charge on any atom is 0.0964 e. The average Bonchev–Trinajstić information content (AvgIpc) is 2.16. The molecule has 1 saturated carbocycles. The predicted molar refractivity (Wildman–Crippen MR) is 50.6 cm³/mol. The zero-order chi connectivity index (χ0) is 9.71. The van der Waals surface area contributed by atoms with Gasteiger partial charge in [0.2, 0.25) is 0 Å². The monoisotopic (exact) mass is 182 g/mol. The Kier molecular flexibility index (Phi) is 1.39. The maximum absolute atomic E-state index is 9.05. The lowest BCUT2D eigenvalue weighted by atomic mass is 9.52. The molecule has 1 fully saturated rings. The van der Waals surface area contributed by atoms with E-state index in [4.69, 9.17) is 10.5 Å². The van der Waals surface area contributed by atoms with Gasteiger partial charge < -0.3 is 0 Å². The summed E-state index contributed by atoms with van der Waals surface area (Å²) in [5, 5.41) is 18.1. The second-order valence-electron chi connectivity index (χ2n) is 4.39. The lowest BCUT2D eigenvalue weighted by Crippen LogP contribution is -2.44. The molecule has 4 rings (SSSR count). The highest BCUT2D eigenvalue weighted by Gasteiger charge is 2.50. The first-order chi connectivity index (χ1) is 6.86. The molecule has 0 saturated heterocycles. The Bertz CT molecular complexity index is 390. The van der Waals surface area contributed by atoms with E-state index in [9.17, 15) is 0 Å². The van der Waals surface area contributed by atoms with E-state index in [1.807, 2.05) is 0 Å². The van der Waals surface area contributed by atoms with Crippen LogP contribution in [0.2, 0.25) is 0 Å². The molecule has 2 nitrogen and oxygen atoms in total. The Labute approximate surface area is 83.1 Å². The Hall–Kier alpha value is -1.54. The summed E-state index contributed by atoms with van der Waals surface area (Å²) in [4.78, 5) is 0. The minimum absolute atomic E-state index is 0.262. The van der Waals surface area contributed by atoms with E-state index in [1.165, 1.54) is 12.8 Å². The minimum Gasteiger partial charge on any atom is -0.193 e. The molecule has 0 aromatic carbocycles. The number of allylic oxidation sites excluding steroid dienone is 4. The first-order valence-corrected chi connectivity index (χ1v) is 5.09. The van der Waals surface area contributed by atoms with E-state index in [1.54, 1.807) is 0 Å². The number of rotatable bonds is 0. The van der Waals surface area contributed by atoms with Gasteiger partial charge in [0.15, 0.2) is 0 Å². The Morgan fingerprint density at radius 2 is 1.36 bits per heavy atom. The van der Waals surface area contributed by atoms with Crippen molar-refractivity contribution in [1.82, 2.24) is 0 Å². The third-order valence-electron chi connectivity index (χ3n) is 4.03. The van der Waals surface area contributed by atoms with E-state index in [2.05, 4.69) is 24.3 Å². The lowest BCUT2D eigenvalue weighted by Gasteiger charge is -2.51. The standard InChI is InChI=1S/C12H10N2/c13-5-11-9-3-4-10(12(11)6-14)8-2-1-7(8)9/h3-4,7-10H,1-2H2. The summed E-state index contributed by atoms with van der Waals surface area (Å²) in [6.07, 6.45) is 6.76. The van der Waals surface area contributed by atoms with Crippen LogP contribution in [0.25, 0.3) is 0 Å². The second kappa shape index (κ2) is 2.49. The average molecular weight is 182 g/mol. The highest BCUT2D eigenvalue weighted by atomic mass is 14.5.